The van der Waals surface area contributed by atoms with Gasteiger partial charge in [0.15, 0.2) is 0 Å². The average molecular weight is 272 g/mol. The van der Waals surface area contributed by atoms with Crippen molar-refractivity contribution in [1.82, 2.24) is 5.32 Å². The number of rotatable bonds is 6. The number of carbonyl (C=O) groups excluding carboxylic acids is 1. The van der Waals surface area contributed by atoms with Crippen LogP contribution in [0.25, 0.3) is 0 Å². The Balaban J connectivity index is 2.60. The number of hydrogen-bond donors (Lipinski definition) is 2. The number of nitrogens with one attached hydrogen (secondary N) is 2. The highest BCUT2D eigenvalue weighted by Crippen LogP contribution is 2.27. The van der Waals surface area contributed by atoms with Crippen molar-refractivity contribution in [2.75, 3.05) is 18.9 Å². The number of anilines is 1. The number of nitrogens with zero attached hydrogens (tertiary/aromatic N) is 1. The highest BCUT2D eigenvalue weighted by atomic mass is 35.5. The molecule has 0 heterocycles. The summed E-state index contributed by atoms with van der Waals surface area (Å²) in [5.74, 6) is -0.143. The summed E-state index contributed by atoms with van der Waals surface area (Å²) in [7, 11) is 1.81. The van der Waals surface area contributed by atoms with Gasteiger partial charge in [0.05, 0.1) is 4.92 Å². The second-order valence-electron chi connectivity index (χ2n) is 3.68. The maximum Gasteiger partial charge on any atom is 0.288 e. The van der Waals surface area contributed by atoms with E-state index < -0.39 is 4.92 Å². The van der Waals surface area contributed by atoms with Crippen molar-refractivity contribution in [3.05, 3.63) is 33.3 Å². The molecule has 0 fully saturated rings. The monoisotopic (exact) mass is 271 g/mol. The largest absolute Gasteiger partial charge is 0.326 e. The summed E-state index contributed by atoms with van der Waals surface area (Å²) in [6, 6.07) is 4.10. The number of amides is 1. The summed E-state index contributed by atoms with van der Waals surface area (Å²) in [6.07, 6.45) is 1.11. The lowest BCUT2D eigenvalue weighted by Gasteiger charge is -2.05. The van der Waals surface area contributed by atoms with Crippen LogP contribution < -0.4 is 10.6 Å². The average Bonchev–Trinajstić information content (AvgIpc) is 2.28. The molecule has 0 saturated carbocycles. The van der Waals surface area contributed by atoms with Crippen molar-refractivity contribution < 1.29 is 9.72 Å². The Morgan fingerprint density at radius 3 is 2.78 bits per heavy atom. The predicted molar refractivity (Wildman–Crippen MR) is 69.9 cm³/mol. The third-order valence-electron chi connectivity index (χ3n) is 2.26. The van der Waals surface area contributed by atoms with Gasteiger partial charge in [-0.3, -0.25) is 14.9 Å². The normalized spacial score (nSPS) is 10.1. The van der Waals surface area contributed by atoms with Crippen molar-refractivity contribution >= 4 is 28.9 Å². The zero-order valence-electron chi connectivity index (χ0n) is 9.90. The number of benzene rings is 1. The first-order valence-corrected chi connectivity index (χ1v) is 5.80. The molecule has 0 unspecified atom stereocenters. The molecule has 1 aromatic rings. The van der Waals surface area contributed by atoms with Crippen molar-refractivity contribution in [2.45, 2.75) is 12.8 Å². The van der Waals surface area contributed by atoms with E-state index in [0.29, 0.717) is 12.1 Å². The Labute approximate surface area is 109 Å². The van der Waals surface area contributed by atoms with Crippen LogP contribution in [-0.4, -0.2) is 24.4 Å². The van der Waals surface area contributed by atoms with E-state index in [9.17, 15) is 14.9 Å². The number of nitro groups is 1. The van der Waals surface area contributed by atoms with Crippen LogP contribution in [0.5, 0.6) is 0 Å². The number of carbonyl (C=O) groups is 1. The van der Waals surface area contributed by atoms with E-state index in [1.54, 1.807) is 0 Å². The Kier molecular flexibility index (Phi) is 5.54. The van der Waals surface area contributed by atoms with Crippen LogP contribution in [0.2, 0.25) is 5.02 Å². The van der Waals surface area contributed by atoms with Gasteiger partial charge in [-0.2, -0.15) is 0 Å². The van der Waals surface area contributed by atoms with Gasteiger partial charge in [0.2, 0.25) is 5.91 Å². The van der Waals surface area contributed by atoms with Crippen molar-refractivity contribution in [1.29, 1.82) is 0 Å². The quantitative estimate of drug-likeness (QED) is 0.472. The van der Waals surface area contributed by atoms with Gasteiger partial charge in [0.1, 0.15) is 5.02 Å². The minimum atomic E-state index is -0.569. The molecule has 1 rings (SSSR count). The molecule has 0 atom stereocenters. The van der Waals surface area contributed by atoms with Gasteiger partial charge in [-0.25, -0.2) is 0 Å². The molecular weight excluding hydrogens is 258 g/mol. The number of nitro benzene ring substituents is 1. The molecule has 1 amide bonds. The Morgan fingerprint density at radius 1 is 1.50 bits per heavy atom. The maximum absolute atomic E-state index is 11.5. The van der Waals surface area contributed by atoms with Crippen LogP contribution >= 0.6 is 11.6 Å². The molecule has 0 aliphatic carbocycles. The van der Waals surface area contributed by atoms with E-state index in [0.717, 1.165) is 13.0 Å². The molecular formula is C11H14ClN3O3. The highest BCUT2D eigenvalue weighted by molar-refractivity contribution is 6.33. The minimum absolute atomic E-state index is 0.00743. The summed E-state index contributed by atoms with van der Waals surface area (Å²) in [5.41, 5.74) is 0.282. The highest BCUT2D eigenvalue weighted by Gasteiger charge is 2.12. The molecule has 0 saturated heterocycles. The zero-order chi connectivity index (χ0) is 13.5. The van der Waals surface area contributed by atoms with Gasteiger partial charge in [-0.1, -0.05) is 11.6 Å². The van der Waals surface area contributed by atoms with Gasteiger partial charge in [0.25, 0.3) is 5.69 Å². The molecule has 0 aliphatic rings. The zero-order valence-corrected chi connectivity index (χ0v) is 10.7. The molecule has 7 heteroatoms. The van der Waals surface area contributed by atoms with Gasteiger partial charge in [-0.05, 0) is 32.1 Å². The van der Waals surface area contributed by atoms with E-state index >= 15 is 0 Å². The molecule has 18 heavy (non-hydrogen) atoms. The fraction of sp³-hybridized carbons (Fsp3) is 0.364. The van der Waals surface area contributed by atoms with Gasteiger partial charge >= 0.3 is 0 Å². The van der Waals surface area contributed by atoms with E-state index in [4.69, 9.17) is 11.6 Å². The smallest absolute Gasteiger partial charge is 0.288 e. The molecule has 0 bridgehead atoms. The van der Waals surface area contributed by atoms with E-state index in [1.807, 2.05) is 7.05 Å². The Bertz CT molecular complexity index is 451. The van der Waals surface area contributed by atoms with Crippen LogP contribution in [0.4, 0.5) is 11.4 Å². The van der Waals surface area contributed by atoms with E-state index in [1.165, 1.54) is 18.2 Å². The summed E-state index contributed by atoms with van der Waals surface area (Å²) >= 11 is 5.73. The first-order valence-electron chi connectivity index (χ1n) is 5.43. The Morgan fingerprint density at radius 2 is 2.22 bits per heavy atom. The van der Waals surface area contributed by atoms with E-state index in [-0.39, 0.29) is 16.6 Å². The van der Waals surface area contributed by atoms with Crippen LogP contribution in [0.1, 0.15) is 12.8 Å². The van der Waals surface area contributed by atoms with Gasteiger partial charge in [0, 0.05) is 18.2 Å². The van der Waals surface area contributed by atoms with Crippen LogP contribution in [-0.2, 0) is 4.79 Å². The van der Waals surface area contributed by atoms with Crippen LogP contribution in [0, 0.1) is 10.1 Å². The van der Waals surface area contributed by atoms with Crippen molar-refractivity contribution in [2.24, 2.45) is 0 Å². The predicted octanol–water partition coefficient (Wildman–Crippen LogP) is 2.19. The molecule has 6 nitrogen and oxygen atoms in total. The molecule has 0 aromatic heterocycles. The third-order valence-corrected chi connectivity index (χ3v) is 2.56. The molecule has 0 radical (unpaired) electrons. The molecule has 1 aromatic carbocycles. The van der Waals surface area contributed by atoms with Gasteiger partial charge < -0.3 is 10.6 Å². The second kappa shape index (κ2) is 6.93. The Hall–Kier alpha value is -1.66. The molecule has 98 valence electrons. The van der Waals surface area contributed by atoms with E-state index in [2.05, 4.69) is 10.6 Å². The first-order chi connectivity index (χ1) is 8.54. The molecule has 0 spiro atoms. The third kappa shape index (κ3) is 4.31. The summed E-state index contributed by atoms with van der Waals surface area (Å²) < 4.78 is 0. The maximum atomic E-state index is 11.5. The molecule has 0 aliphatic heterocycles. The van der Waals surface area contributed by atoms with Crippen molar-refractivity contribution in [3.63, 3.8) is 0 Å². The van der Waals surface area contributed by atoms with Crippen LogP contribution in [0.3, 0.4) is 0 Å². The number of hydrogen-bond acceptors (Lipinski definition) is 4. The fourth-order valence-electron chi connectivity index (χ4n) is 1.38. The second-order valence-corrected chi connectivity index (χ2v) is 4.09. The van der Waals surface area contributed by atoms with Gasteiger partial charge in [-0.15, -0.1) is 0 Å². The SMILES string of the molecule is CNCCCC(=O)Nc1ccc([N+](=O)[O-])c(Cl)c1. The topological polar surface area (TPSA) is 84.3 Å². The summed E-state index contributed by atoms with van der Waals surface area (Å²) in [6.45, 7) is 0.758. The minimum Gasteiger partial charge on any atom is -0.326 e. The molecule has 2 N–H and O–H groups in total. The van der Waals surface area contributed by atoms with Crippen LogP contribution in [0.15, 0.2) is 18.2 Å². The summed E-state index contributed by atoms with van der Waals surface area (Å²) in [5, 5.41) is 16.1. The van der Waals surface area contributed by atoms with Crippen molar-refractivity contribution in [3.8, 4) is 0 Å². The lowest BCUT2D eigenvalue weighted by atomic mass is 10.2. The standard InChI is InChI=1S/C11H14ClN3O3/c1-13-6-2-3-11(16)14-8-4-5-10(15(17)18)9(12)7-8/h4-5,7,13H,2-3,6H2,1H3,(H,14,16). The fourth-order valence-corrected chi connectivity index (χ4v) is 1.63. The summed E-state index contributed by atoms with van der Waals surface area (Å²) in [4.78, 5) is 21.5. The lowest BCUT2D eigenvalue weighted by molar-refractivity contribution is -0.384. The number of halogens is 1. The first kappa shape index (κ1) is 14.4. The lowest BCUT2D eigenvalue weighted by Crippen LogP contribution is -2.15.